The van der Waals surface area contributed by atoms with Crippen LogP contribution >= 0.6 is 0 Å². The lowest BCUT2D eigenvalue weighted by atomic mass is 9.83. The number of hydrogen-bond acceptors (Lipinski definition) is 2. The minimum atomic E-state index is 0.742. The zero-order valence-electron chi connectivity index (χ0n) is 12.3. The van der Waals surface area contributed by atoms with E-state index in [-0.39, 0.29) is 0 Å². The zero-order chi connectivity index (χ0) is 12.7. The first kappa shape index (κ1) is 15.0. The van der Waals surface area contributed by atoms with Gasteiger partial charge in [0.05, 0.1) is 0 Å². The van der Waals surface area contributed by atoms with Crippen molar-refractivity contribution in [1.29, 1.82) is 0 Å². The first-order chi connectivity index (χ1) is 8.19. The molecular weight excluding hydrogens is 208 g/mol. The van der Waals surface area contributed by atoms with Gasteiger partial charge in [-0.15, -0.1) is 0 Å². The quantitative estimate of drug-likeness (QED) is 0.687. The van der Waals surface area contributed by atoms with E-state index >= 15 is 0 Å². The summed E-state index contributed by atoms with van der Waals surface area (Å²) in [6, 6.07) is 1.59. The Labute approximate surface area is 108 Å². The molecule has 1 fully saturated rings. The highest BCUT2D eigenvalue weighted by Crippen LogP contribution is 2.30. The summed E-state index contributed by atoms with van der Waals surface area (Å²) in [5.74, 6) is 1.01. The van der Waals surface area contributed by atoms with Crippen LogP contribution in [0.5, 0.6) is 0 Å². The van der Waals surface area contributed by atoms with Gasteiger partial charge in [0.25, 0.3) is 0 Å². The molecule has 1 aliphatic rings. The third-order valence-electron chi connectivity index (χ3n) is 4.71. The molecule has 2 heteroatoms. The van der Waals surface area contributed by atoms with E-state index in [1.807, 2.05) is 7.05 Å². The molecule has 0 aromatic rings. The topological polar surface area (TPSA) is 15.3 Å². The average Bonchev–Trinajstić information content (AvgIpc) is 2.38. The molecule has 0 aromatic heterocycles. The van der Waals surface area contributed by atoms with Crippen molar-refractivity contribution >= 4 is 0 Å². The largest absolute Gasteiger partial charge is 0.320 e. The lowest BCUT2D eigenvalue weighted by Gasteiger charge is -2.38. The highest BCUT2D eigenvalue weighted by atomic mass is 15.2. The Bertz CT molecular complexity index is 185. The molecule has 0 aliphatic heterocycles. The SMILES string of the molecule is CCC1CCC(N(C)C(C)CCCNC)CC1. The van der Waals surface area contributed by atoms with Crippen molar-refractivity contribution in [3.8, 4) is 0 Å². The van der Waals surface area contributed by atoms with Crippen LogP contribution in [0.3, 0.4) is 0 Å². The summed E-state index contributed by atoms with van der Waals surface area (Å²) in [4.78, 5) is 2.64. The second-order valence-corrected chi connectivity index (χ2v) is 5.84. The minimum Gasteiger partial charge on any atom is -0.320 e. The molecule has 1 atom stereocenters. The molecule has 0 amide bonds. The Morgan fingerprint density at radius 2 is 1.88 bits per heavy atom. The normalized spacial score (nSPS) is 27.4. The molecule has 102 valence electrons. The highest BCUT2D eigenvalue weighted by molar-refractivity contribution is 4.80. The summed E-state index contributed by atoms with van der Waals surface area (Å²) < 4.78 is 0. The smallest absolute Gasteiger partial charge is 0.00952 e. The number of hydrogen-bond donors (Lipinski definition) is 1. The predicted octanol–water partition coefficient (Wildman–Crippen LogP) is 3.28. The highest BCUT2D eigenvalue weighted by Gasteiger charge is 2.25. The summed E-state index contributed by atoms with van der Waals surface area (Å²) in [5.41, 5.74) is 0. The van der Waals surface area contributed by atoms with Crippen LogP contribution in [0.25, 0.3) is 0 Å². The van der Waals surface area contributed by atoms with Crippen LogP contribution in [0, 0.1) is 5.92 Å². The fraction of sp³-hybridized carbons (Fsp3) is 1.00. The third-order valence-corrected chi connectivity index (χ3v) is 4.71. The van der Waals surface area contributed by atoms with Crippen molar-refractivity contribution in [2.45, 2.75) is 70.9 Å². The van der Waals surface area contributed by atoms with E-state index in [0.29, 0.717) is 0 Å². The fourth-order valence-electron chi connectivity index (χ4n) is 3.10. The standard InChI is InChI=1S/C15H32N2/c1-5-14-8-10-15(11-9-14)17(4)13(2)7-6-12-16-3/h13-16H,5-12H2,1-4H3. The second kappa shape index (κ2) is 8.10. The maximum atomic E-state index is 3.24. The van der Waals surface area contributed by atoms with Gasteiger partial charge in [0, 0.05) is 12.1 Å². The van der Waals surface area contributed by atoms with Gasteiger partial charge in [0.1, 0.15) is 0 Å². The van der Waals surface area contributed by atoms with Crippen LogP contribution in [-0.4, -0.2) is 37.6 Å². The summed E-state index contributed by atoms with van der Waals surface area (Å²) in [5, 5.41) is 3.24. The van der Waals surface area contributed by atoms with E-state index in [0.717, 1.165) is 24.5 Å². The first-order valence-corrected chi connectivity index (χ1v) is 7.55. The maximum absolute atomic E-state index is 3.24. The van der Waals surface area contributed by atoms with Crippen LogP contribution in [0.2, 0.25) is 0 Å². The summed E-state index contributed by atoms with van der Waals surface area (Å²) in [7, 11) is 4.38. The van der Waals surface area contributed by atoms with Gasteiger partial charge in [0.2, 0.25) is 0 Å². The van der Waals surface area contributed by atoms with E-state index in [1.54, 1.807) is 0 Å². The number of rotatable bonds is 7. The van der Waals surface area contributed by atoms with Crippen molar-refractivity contribution in [2.24, 2.45) is 5.92 Å². The molecule has 2 nitrogen and oxygen atoms in total. The predicted molar refractivity (Wildman–Crippen MR) is 76.4 cm³/mol. The molecule has 1 rings (SSSR count). The zero-order valence-corrected chi connectivity index (χ0v) is 12.3. The molecule has 0 radical (unpaired) electrons. The summed E-state index contributed by atoms with van der Waals surface area (Å²) in [6.07, 6.45) is 9.76. The van der Waals surface area contributed by atoms with E-state index in [4.69, 9.17) is 0 Å². The van der Waals surface area contributed by atoms with Gasteiger partial charge < -0.3 is 10.2 Å². The molecule has 0 saturated heterocycles. The van der Waals surface area contributed by atoms with Crippen molar-refractivity contribution in [3.05, 3.63) is 0 Å². The Kier molecular flexibility index (Phi) is 7.14. The van der Waals surface area contributed by atoms with E-state index in [9.17, 15) is 0 Å². The van der Waals surface area contributed by atoms with Crippen LogP contribution < -0.4 is 5.32 Å². The van der Waals surface area contributed by atoms with Gasteiger partial charge in [0.15, 0.2) is 0 Å². The van der Waals surface area contributed by atoms with Crippen LogP contribution in [0.15, 0.2) is 0 Å². The molecule has 0 heterocycles. The van der Waals surface area contributed by atoms with Gasteiger partial charge in [-0.2, -0.15) is 0 Å². The monoisotopic (exact) mass is 240 g/mol. The van der Waals surface area contributed by atoms with Crippen molar-refractivity contribution < 1.29 is 0 Å². The average molecular weight is 240 g/mol. The van der Waals surface area contributed by atoms with Crippen molar-refractivity contribution in [3.63, 3.8) is 0 Å². The molecule has 1 N–H and O–H groups in total. The molecule has 0 bridgehead atoms. The maximum Gasteiger partial charge on any atom is 0.00952 e. The number of nitrogens with zero attached hydrogens (tertiary/aromatic N) is 1. The van der Waals surface area contributed by atoms with Crippen LogP contribution in [0.4, 0.5) is 0 Å². The molecule has 1 unspecified atom stereocenters. The lowest BCUT2D eigenvalue weighted by Crippen LogP contribution is -2.41. The van der Waals surface area contributed by atoms with Gasteiger partial charge in [-0.3, -0.25) is 0 Å². The Hall–Kier alpha value is -0.0800. The molecule has 1 saturated carbocycles. The van der Waals surface area contributed by atoms with E-state index in [2.05, 4.69) is 31.1 Å². The molecular formula is C15H32N2. The Morgan fingerprint density at radius 3 is 2.41 bits per heavy atom. The van der Waals surface area contributed by atoms with E-state index in [1.165, 1.54) is 44.9 Å². The molecule has 1 aliphatic carbocycles. The molecule has 0 spiro atoms. The van der Waals surface area contributed by atoms with Gasteiger partial charge in [-0.05, 0) is 72.0 Å². The van der Waals surface area contributed by atoms with Crippen molar-refractivity contribution in [2.75, 3.05) is 20.6 Å². The summed E-state index contributed by atoms with van der Waals surface area (Å²) in [6.45, 7) is 5.89. The fourth-order valence-corrected chi connectivity index (χ4v) is 3.10. The minimum absolute atomic E-state index is 0.742. The van der Waals surface area contributed by atoms with Crippen molar-refractivity contribution in [1.82, 2.24) is 10.2 Å². The molecule has 0 aromatic carbocycles. The van der Waals surface area contributed by atoms with Gasteiger partial charge in [-0.25, -0.2) is 0 Å². The Morgan fingerprint density at radius 1 is 1.24 bits per heavy atom. The van der Waals surface area contributed by atoms with Gasteiger partial charge in [-0.1, -0.05) is 13.3 Å². The third kappa shape index (κ3) is 4.97. The second-order valence-electron chi connectivity index (χ2n) is 5.84. The van der Waals surface area contributed by atoms with Crippen LogP contribution in [0.1, 0.15) is 58.8 Å². The lowest BCUT2D eigenvalue weighted by molar-refractivity contribution is 0.121. The first-order valence-electron chi connectivity index (χ1n) is 7.55. The van der Waals surface area contributed by atoms with Gasteiger partial charge >= 0.3 is 0 Å². The summed E-state index contributed by atoms with van der Waals surface area (Å²) >= 11 is 0. The number of nitrogens with one attached hydrogen (secondary N) is 1. The molecule has 17 heavy (non-hydrogen) atoms. The Balaban J connectivity index is 2.24. The van der Waals surface area contributed by atoms with E-state index < -0.39 is 0 Å². The van der Waals surface area contributed by atoms with Crippen LogP contribution in [-0.2, 0) is 0 Å².